The Hall–Kier alpha value is -2.57. The van der Waals surface area contributed by atoms with Crippen LogP contribution in [0.4, 0.5) is 5.82 Å². The van der Waals surface area contributed by atoms with Crippen molar-refractivity contribution in [2.75, 3.05) is 38.2 Å². The smallest absolute Gasteiger partial charge is 0.162 e. The molecule has 0 radical (unpaired) electrons. The van der Waals surface area contributed by atoms with E-state index in [0.29, 0.717) is 6.61 Å². The van der Waals surface area contributed by atoms with Crippen LogP contribution < -0.4 is 14.4 Å². The van der Waals surface area contributed by atoms with Crippen LogP contribution in [0.1, 0.15) is 11.1 Å². The topological polar surface area (TPSA) is 37.8 Å². The number of anilines is 1. The lowest BCUT2D eigenvalue weighted by atomic mass is 10.1. The number of aromatic nitrogens is 1. The molecule has 1 aliphatic heterocycles. The van der Waals surface area contributed by atoms with Crippen LogP contribution in [0.2, 0.25) is 0 Å². The standard InChI is InChI=1S/C24H26BrN3O2/c1-29-22-15-20(21(25)16-23(22)30-18-19-7-3-2-4-8-19)17-27-11-13-28(14-12-27)24-9-5-6-10-26-24/h2-10,15-16H,11-14,17-18H2,1H3. The molecule has 0 saturated carbocycles. The molecule has 5 nitrogen and oxygen atoms in total. The van der Waals surface area contributed by atoms with Crippen molar-refractivity contribution in [1.82, 2.24) is 9.88 Å². The van der Waals surface area contributed by atoms with Crippen LogP contribution in [-0.2, 0) is 13.2 Å². The predicted molar refractivity (Wildman–Crippen MR) is 123 cm³/mol. The molecule has 0 amide bonds. The summed E-state index contributed by atoms with van der Waals surface area (Å²) in [5, 5.41) is 0. The highest BCUT2D eigenvalue weighted by Crippen LogP contribution is 2.35. The minimum absolute atomic E-state index is 0.512. The molecule has 0 atom stereocenters. The van der Waals surface area contributed by atoms with Gasteiger partial charge in [-0.1, -0.05) is 52.3 Å². The van der Waals surface area contributed by atoms with E-state index in [9.17, 15) is 0 Å². The number of halogens is 1. The molecule has 156 valence electrons. The molecule has 2 aromatic carbocycles. The summed E-state index contributed by atoms with van der Waals surface area (Å²) in [7, 11) is 1.69. The molecule has 3 aromatic rings. The monoisotopic (exact) mass is 467 g/mol. The lowest BCUT2D eigenvalue weighted by Gasteiger charge is -2.35. The van der Waals surface area contributed by atoms with Crippen molar-refractivity contribution in [2.45, 2.75) is 13.2 Å². The van der Waals surface area contributed by atoms with Gasteiger partial charge in [-0.3, -0.25) is 4.90 Å². The summed E-state index contributed by atoms with van der Waals surface area (Å²) in [6.45, 7) is 5.33. The van der Waals surface area contributed by atoms with E-state index < -0.39 is 0 Å². The first-order chi connectivity index (χ1) is 14.7. The van der Waals surface area contributed by atoms with E-state index >= 15 is 0 Å². The number of pyridine rings is 1. The fourth-order valence-electron chi connectivity index (χ4n) is 3.62. The predicted octanol–water partition coefficient (Wildman–Crippen LogP) is 4.75. The molecule has 0 N–H and O–H groups in total. The fourth-order valence-corrected chi connectivity index (χ4v) is 4.07. The summed E-state index contributed by atoms with van der Waals surface area (Å²) >= 11 is 3.73. The number of benzene rings is 2. The molecule has 1 saturated heterocycles. The maximum absolute atomic E-state index is 6.02. The third kappa shape index (κ3) is 5.12. The van der Waals surface area contributed by atoms with Crippen LogP contribution in [0.5, 0.6) is 11.5 Å². The van der Waals surface area contributed by atoms with Gasteiger partial charge in [-0.15, -0.1) is 0 Å². The summed E-state index contributed by atoms with van der Waals surface area (Å²) < 4.78 is 12.7. The highest BCUT2D eigenvalue weighted by Gasteiger charge is 2.20. The highest BCUT2D eigenvalue weighted by molar-refractivity contribution is 9.10. The van der Waals surface area contributed by atoms with Crippen LogP contribution >= 0.6 is 15.9 Å². The van der Waals surface area contributed by atoms with Gasteiger partial charge in [-0.25, -0.2) is 4.98 Å². The van der Waals surface area contributed by atoms with E-state index in [1.165, 1.54) is 5.56 Å². The molecule has 0 aliphatic carbocycles. The molecule has 0 bridgehead atoms. The maximum atomic E-state index is 6.02. The molecular formula is C24H26BrN3O2. The van der Waals surface area contributed by atoms with E-state index in [1.54, 1.807) is 7.11 Å². The summed E-state index contributed by atoms with van der Waals surface area (Å²) in [5.41, 5.74) is 2.33. The van der Waals surface area contributed by atoms with Gasteiger partial charge >= 0.3 is 0 Å². The first kappa shape index (κ1) is 20.7. The number of ether oxygens (including phenoxy) is 2. The van der Waals surface area contributed by atoms with E-state index in [0.717, 1.165) is 60.1 Å². The van der Waals surface area contributed by atoms with Crippen molar-refractivity contribution in [3.8, 4) is 11.5 Å². The lowest BCUT2D eigenvalue weighted by molar-refractivity contribution is 0.247. The zero-order valence-corrected chi connectivity index (χ0v) is 18.7. The van der Waals surface area contributed by atoms with E-state index in [1.807, 2.05) is 42.6 Å². The second-order valence-corrected chi connectivity index (χ2v) is 8.17. The Morgan fingerprint density at radius 2 is 1.70 bits per heavy atom. The van der Waals surface area contributed by atoms with Crippen molar-refractivity contribution in [3.05, 3.63) is 82.5 Å². The Morgan fingerprint density at radius 3 is 2.40 bits per heavy atom. The number of hydrogen-bond acceptors (Lipinski definition) is 5. The van der Waals surface area contributed by atoms with Crippen molar-refractivity contribution in [1.29, 1.82) is 0 Å². The average Bonchev–Trinajstić information content (AvgIpc) is 2.81. The minimum atomic E-state index is 0.512. The van der Waals surface area contributed by atoms with Gasteiger partial charge in [0.1, 0.15) is 12.4 Å². The Balaban J connectivity index is 1.38. The maximum Gasteiger partial charge on any atom is 0.162 e. The normalized spacial score (nSPS) is 14.5. The van der Waals surface area contributed by atoms with Gasteiger partial charge < -0.3 is 14.4 Å². The van der Waals surface area contributed by atoms with Gasteiger partial charge in [-0.2, -0.15) is 0 Å². The van der Waals surface area contributed by atoms with E-state index in [4.69, 9.17) is 9.47 Å². The number of hydrogen-bond donors (Lipinski definition) is 0. The molecule has 0 unspecified atom stereocenters. The van der Waals surface area contributed by atoms with Gasteiger partial charge in [0.15, 0.2) is 11.5 Å². The molecule has 6 heteroatoms. The fraction of sp³-hybridized carbons (Fsp3) is 0.292. The molecule has 1 fully saturated rings. The van der Waals surface area contributed by atoms with Gasteiger partial charge in [0.05, 0.1) is 7.11 Å². The molecule has 1 aliphatic rings. The molecule has 30 heavy (non-hydrogen) atoms. The van der Waals surface area contributed by atoms with Crippen LogP contribution in [-0.4, -0.2) is 43.2 Å². The van der Waals surface area contributed by atoms with Crippen molar-refractivity contribution < 1.29 is 9.47 Å². The van der Waals surface area contributed by atoms with E-state index in [-0.39, 0.29) is 0 Å². The molecular weight excluding hydrogens is 442 g/mol. The van der Waals surface area contributed by atoms with Crippen LogP contribution in [0, 0.1) is 0 Å². The number of piperazine rings is 1. The van der Waals surface area contributed by atoms with E-state index in [2.05, 4.69) is 55.0 Å². The second kappa shape index (κ2) is 9.96. The quantitative estimate of drug-likeness (QED) is 0.500. The summed E-state index contributed by atoms with van der Waals surface area (Å²) in [6, 6.07) is 20.3. The largest absolute Gasteiger partial charge is 0.493 e. The first-order valence-corrected chi connectivity index (χ1v) is 10.9. The van der Waals surface area contributed by atoms with Gasteiger partial charge in [0.25, 0.3) is 0 Å². The summed E-state index contributed by atoms with van der Waals surface area (Å²) in [6.07, 6.45) is 1.85. The Morgan fingerprint density at radius 1 is 0.933 bits per heavy atom. The Labute approximate surface area is 186 Å². The van der Waals surface area contributed by atoms with Crippen molar-refractivity contribution in [3.63, 3.8) is 0 Å². The molecule has 4 rings (SSSR count). The van der Waals surface area contributed by atoms with Gasteiger partial charge in [0.2, 0.25) is 0 Å². The van der Waals surface area contributed by atoms with Crippen LogP contribution in [0.25, 0.3) is 0 Å². The lowest BCUT2D eigenvalue weighted by Crippen LogP contribution is -2.46. The highest BCUT2D eigenvalue weighted by atomic mass is 79.9. The zero-order valence-electron chi connectivity index (χ0n) is 17.1. The van der Waals surface area contributed by atoms with Crippen LogP contribution in [0.15, 0.2) is 71.3 Å². The van der Waals surface area contributed by atoms with Gasteiger partial charge in [-0.05, 0) is 35.4 Å². The molecule has 2 heterocycles. The van der Waals surface area contributed by atoms with Crippen molar-refractivity contribution in [2.24, 2.45) is 0 Å². The Kier molecular flexibility index (Phi) is 6.87. The summed E-state index contributed by atoms with van der Waals surface area (Å²) in [5.74, 6) is 2.56. The second-order valence-electron chi connectivity index (χ2n) is 7.32. The van der Waals surface area contributed by atoms with Gasteiger partial charge in [0, 0.05) is 43.4 Å². The molecule has 0 spiro atoms. The minimum Gasteiger partial charge on any atom is -0.493 e. The number of rotatable bonds is 7. The number of nitrogens with zero attached hydrogens (tertiary/aromatic N) is 3. The molecule has 1 aromatic heterocycles. The number of methoxy groups -OCH3 is 1. The zero-order chi connectivity index (χ0) is 20.8. The average molecular weight is 468 g/mol. The SMILES string of the molecule is COc1cc(CN2CCN(c3ccccn3)CC2)c(Br)cc1OCc1ccccc1. The van der Waals surface area contributed by atoms with Crippen LogP contribution in [0.3, 0.4) is 0 Å². The Bertz CT molecular complexity index is 945. The first-order valence-electron chi connectivity index (χ1n) is 10.1. The third-order valence-corrected chi connectivity index (χ3v) is 6.05. The van der Waals surface area contributed by atoms with Crippen molar-refractivity contribution >= 4 is 21.7 Å². The summed E-state index contributed by atoms with van der Waals surface area (Å²) in [4.78, 5) is 9.27. The third-order valence-electron chi connectivity index (χ3n) is 5.31.